The van der Waals surface area contributed by atoms with E-state index in [2.05, 4.69) is 4.98 Å². The zero-order chi connectivity index (χ0) is 12.3. The van der Waals surface area contributed by atoms with Crippen LogP contribution >= 0.6 is 0 Å². The molecule has 0 aliphatic carbocycles. The fourth-order valence-corrected chi connectivity index (χ4v) is 1.71. The molecule has 0 saturated carbocycles. The molecule has 0 unspecified atom stereocenters. The molecule has 0 aliphatic rings. The molecule has 2 aromatic rings. The Hall–Kier alpha value is -1.94. The highest BCUT2D eigenvalue weighted by Gasteiger charge is 2.06. The van der Waals surface area contributed by atoms with Gasteiger partial charge in [-0.25, -0.2) is 4.39 Å². The number of ether oxygens (including phenoxy) is 1. The van der Waals surface area contributed by atoms with E-state index in [0.29, 0.717) is 12.1 Å². The standard InChI is InChI=1S/C13H13FN2O/c1-17-12-2-3-13(9(5-12)6-15)10-4-11(14)8-16-7-10/h2-5,7-8H,6,15H2,1H3. The molecule has 1 aromatic heterocycles. The van der Waals surface area contributed by atoms with Crippen molar-refractivity contribution in [2.24, 2.45) is 5.73 Å². The smallest absolute Gasteiger partial charge is 0.142 e. The first-order valence-corrected chi connectivity index (χ1v) is 5.22. The Morgan fingerprint density at radius 1 is 1.29 bits per heavy atom. The predicted molar refractivity (Wildman–Crippen MR) is 64.1 cm³/mol. The lowest BCUT2D eigenvalue weighted by molar-refractivity contribution is 0.414. The molecule has 0 bridgehead atoms. The number of halogens is 1. The van der Waals surface area contributed by atoms with E-state index in [0.717, 1.165) is 16.9 Å². The molecule has 1 aromatic carbocycles. The van der Waals surface area contributed by atoms with Gasteiger partial charge in [0.1, 0.15) is 11.6 Å². The van der Waals surface area contributed by atoms with E-state index in [-0.39, 0.29) is 5.82 Å². The van der Waals surface area contributed by atoms with Crippen molar-refractivity contribution >= 4 is 0 Å². The summed E-state index contributed by atoms with van der Waals surface area (Å²) >= 11 is 0. The van der Waals surface area contributed by atoms with Gasteiger partial charge in [-0.15, -0.1) is 0 Å². The van der Waals surface area contributed by atoms with Gasteiger partial charge in [-0.05, 0) is 29.3 Å². The molecule has 2 N–H and O–H groups in total. The molecule has 0 spiro atoms. The van der Waals surface area contributed by atoms with E-state index in [1.165, 1.54) is 12.3 Å². The van der Waals surface area contributed by atoms with Gasteiger partial charge in [-0.1, -0.05) is 6.07 Å². The van der Waals surface area contributed by atoms with E-state index >= 15 is 0 Å². The van der Waals surface area contributed by atoms with Crippen molar-refractivity contribution in [3.8, 4) is 16.9 Å². The van der Waals surface area contributed by atoms with Gasteiger partial charge < -0.3 is 10.5 Å². The first kappa shape index (κ1) is 11.5. The number of nitrogens with zero attached hydrogens (tertiary/aromatic N) is 1. The lowest BCUT2D eigenvalue weighted by Gasteiger charge is -2.09. The number of rotatable bonds is 3. The molecular formula is C13H13FN2O. The molecule has 2 rings (SSSR count). The van der Waals surface area contributed by atoms with Crippen LogP contribution in [0.2, 0.25) is 0 Å². The maximum atomic E-state index is 13.1. The van der Waals surface area contributed by atoms with Crippen molar-refractivity contribution in [1.29, 1.82) is 0 Å². The second-order valence-electron chi connectivity index (χ2n) is 3.62. The number of pyridine rings is 1. The van der Waals surface area contributed by atoms with Crippen molar-refractivity contribution < 1.29 is 9.13 Å². The summed E-state index contributed by atoms with van der Waals surface area (Å²) in [4.78, 5) is 3.83. The van der Waals surface area contributed by atoms with Crippen LogP contribution in [0.5, 0.6) is 5.75 Å². The highest BCUT2D eigenvalue weighted by Crippen LogP contribution is 2.27. The van der Waals surface area contributed by atoms with Crippen molar-refractivity contribution in [3.63, 3.8) is 0 Å². The molecule has 17 heavy (non-hydrogen) atoms. The third-order valence-electron chi connectivity index (χ3n) is 2.55. The van der Waals surface area contributed by atoms with Gasteiger partial charge in [0.15, 0.2) is 0 Å². The maximum Gasteiger partial charge on any atom is 0.142 e. The zero-order valence-corrected chi connectivity index (χ0v) is 9.48. The summed E-state index contributed by atoms with van der Waals surface area (Å²) in [7, 11) is 1.60. The summed E-state index contributed by atoms with van der Waals surface area (Å²) < 4.78 is 18.2. The Labute approximate surface area is 99.1 Å². The van der Waals surface area contributed by atoms with Crippen molar-refractivity contribution in [2.75, 3.05) is 7.11 Å². The molecule has 0 saturated heterocycles. The van der Waals surface area contributed by atoms with Gasteiger partial charge in [0.25, 0.3) is 0 Å². The molecule has 0 radical (unpaired) electrons. The third-order valence-corrected chi connectivity index (χ3v) is 2.55. The first-order chi connectivity index (χ1) is 8.24. The van der Waals surface area contributed by atoms with Crippen LogP contribution in [0.3, 0.4) is 0 Å². The fourth-order valence-electron chi connectivity index (χ4n) is 1.71. The Kier molecular flexibility index (Phi) is 3.35. The van der Waals surface area contributed by atoms with E-state index in [1.807, 2.05) is 18.2 Å². The Bertz CT molecular complexity index is 529. The predicted octanol–water partition coefficient (Wildman–Crippen LogP) is 2.35. The first-order valence-electron chi connectivity index (χ1n) is 5.22. The third kappa shape index (κ3) is 2.42. The molecule has 1 heterocycles. The molecule has 3 nitrogen and oxygen atoms in total. The Morgan fingerprint density at radius 2 is 2.12 bits per heavy atom. The van der Waals surface area contributed by atoms with Crippen LogP contribution < -0.4 is 10.5 Å². The van der Waals surface area contributed by atoms with Gasteiger partial charge in [-0.3, -0.25) is 4.98 Å². The van der Waals surface area contributed by atoms with Gasteiger partial charge >= 0.3 is 0 Å². The normalized spacial score (nSPS) is 10.3. The summed E-state index contributed by atoms with van der Waals surface area (Å²) in [6.07, 6.45) is 2.79. The average Bonchev–Trinajstić information content (AvgIpc) is 2.38. The Morgan fingerprint density at radius 3 is 2.76 bits per heavy atom. The monoisotopic (exact) mass is 232 g/mol. The van der Waals surface area contributed by atoms with Crippen LogP contribution in [-0.2, 0) is 6.54 Å². The molecule has 0 atom stereocenters. The van der Waals surface area contributed by atoms with Crippen molar-refractivity contribution in [3.05, 3.63) is 48.0 Å². The molecular weight excluding hydrogens is 219 g/mol. The SMILES string of the molecule is COc1ccc(-c2cncc(F)c2)c(CN)c1. The summed E-state index contributed by atoms with van der Waals surface area (Å²) in [6, 6.07) is 6.96. The second-order valence-corrected chi connectivity index (χ2v) is 3.62. The van der Waals surface area contributed by atoms with Crippen molar-refractivity contribution in [1.82, 2.24) is 4.98 Å². The zero-order valence-electron chi connectivity index (χ0n) is 9.48. The number of nitrogens with two attached hydrogens (primary N) is 1. The highest BCUT2D eigenvalue weighted by molar-refractivity contribution is 5.67. The quantitative estimate of drug-likeness (QED) is 0.883. The topological polar surface area (TPSA) is 48.1 Å². The van der Waals surface area contributed by atoms with Crippen LogP contribution in [0.15, 0.2) is 36.7 Å². The van der Waals surface area contributed by atoms with Crippen molar-refractivity contribution in [2.45, 2.75) is 6.54 Å². The second kappa shape index (κ2) is 4.93. The van der Waals surface area contributed by atoms with E-state index in [1.54, 1.807) is 13.3 Å². The molecule has 0 fully saturated rings. The Balaban J connectivity index is 2.51. The van der Waals surface area contributed by atoms with Crippen LogP contribution in [0.4, 0.5) is 4.39 Å². The average molecular weight is 232 g/mol. The minimum absolute atomic E-state index is 0.360. The molecule has 0 amide bonds. The summed E-state index contributed by atoms with van der Waals surface area (Å²) in [6.45, 7) is 0.364. The number of hydrogen-bond acceptors (Lipinski definition) is 3. The molecule has 0 aliphatic heterocycles. The van der Waals surface area contributed by atoms with Crippen LogP contribution in [0.1, 0.15) is 5.56 Å². The highest BCUT2D eigenvalue weighted by atomic mass is 19.1. The lowest BCUT2D eigenvalue weighted by Crippen LogP contribution is -2.00. The lowest BCUT2D eigenvalue weighted by atomic mass is 10.0. The maximum absolute atomic E-state index is 13.1. The largest absolute Gasteiger partial charge is 0.497 e. The number of benzene rings is 1. The fraction of sp³-hybridized carbons (Fsp3) is 0.154. The summed E-state index contributed by atoms with van der Waals surface area (Å²) in [5, 5.41) is 0. The van der Waals surface area contributed by atoms with Gasteiger partial charge in [-0.2, -0.15) is 0 Å². The van der Waals surface area contributed by atoms with E-state index in [4.69, 9.17) is 10.5 Å². The van der Waals surface area contributed by atoms with E-state index < -0.39 is 0 Å². The van der Waals surface area contributed by atoms with Crippen LogP contribution in [0, 0.1) is 5.82 Å². The number of aromatic nitrogens is 1. The van der Waals surface area contributed by atoms with Gasteiger partial charge in [0.2, 0.25) is 0 Å². The van der Waals surface area contributed by atoms with Crippen LogP contribution in [0.25, 0.3) is 11.1 Å². The van der Waals surface area contributed by atoms with Gasteiger partial charge in [0, 0.05) is 18.3 Å². The molecule has 4 heteroatoms. The summed E-state index contributed by atoms with van der Waals surface area (Å²) in [5.74, 6) is 0.375. The van der Waals surface area contributed by atoms with Gasteiger partial charge in [0.05, 0.1) is 13.3 Å². The number of methoxy groups -OCH3 is 1. The summed E-state index contributed by atoms with van der Waals surface area (Å²) in [5.41, 5.74) is 8.17. The number of hydrogen-bond donors (Lipinski definition) is 1. The van der Waals surface area contributed by atoms with Crippen LogP contribution in [-0.4, -0.2) is 12.1 Å². The molecule has 88 valence electrons. The minimum Gasteiger partial charge on any atom is -0.497 e. The minimum atomic E-state index is -0.360. The van der Waals surface area contributed by atoms with E-state index in [9.17, 15) is 4.39 Å².